The van der Waals surface area contributed by atoms with E-state index >= 15 is 0 Å². The number of hydrogen-bond acceptors (Lipinski definition) is 5. The molecule has 1 amide bonds. The van der Waals surface area contributed by atoms with Gasteiger partial charge in [-0.3, -0.25) is 4.79 Å². The molecule has 6 heteroatoms. The smallest absolute Gasteiger partial charge is 0.262 e. The van der Waals surface area contributed by atoms with Gasteiger partial charge in [-0.1, -0.05) is 44.2 Å². The third-order valence-corrected chi connectivity index (χ3v) is 5.69. The Morgan fingerprint density at radius 3 is 2.41 bits per heavy atom. The normalized spacial score (nSPS) is 13.8. The highest BCUT2D eigenvalue weighted by Crippen LogP contribution is 2.26. The van der Waals surface area contributed by atoms with Gasteiger partial charge in [-0.05, 0) is 61.1 Å². The Labute approximate surface area is 189 Å². The third kappa shape index (κ3) is 5.44. The SMILES string of the molecule is CC(C)c1ccccc1OCC(=O)Nc1ccc(-c2ccc(N3CCCCC3)nn2)cc1. The molecule has 3 aromatic rings. The summed E-state index contributed by atoms with van der Waals surface area (Å²) in [6.07, 6.45) is 3.72. The molecule has 6 nitrogen and oxygen atoms in total. The molecule has 0 spiro atoms. The van der Waals surface area contributed by atoms with Crippen LogP contribution in [0.5, 0.6) is 5.75 Å². The number of carbonyl (C=O) groups is 1. The summed E-state index contributed by atoms with van der Waals surface area (Å²) in [4.78, 5) is 14.6. The predicted molar refractivity (Wildman–Crippen MR) is 128 cm³/mol. The van der Waals surface area contributed by atoms with Crippen LogP contribution in [0.3, 0.4) is 0 Å². The first-order chi connectivity index (χ1) is 15.6. The lowest BCUT2D eigenvalue weighted by atomic mass is 10.0. The number of carbonyl (C=O) groups excluding carboxylic acids is 1. The zero-order chi connectivity index (χ0) is 22.3. The maximum atomic E-state index is 12.3. The van der Waals surface area contributed by atoms with Gasteiger partial charge in [0.05, 0.1) is 5.69 Å². The first kappa shape index (κ1) is 21.8. The number of nitrogens with zero attached hydrogens (tertiary/aromatic N) is 3. The third-order valence-electron chi connectivity index (χ3n) is 5.69. The van der Waals surface area contributed by atoms with Crippen LogP contribution in [0.15, 0.2) is 60.7 Å². The van der Waals surface area contributed by atoms with Crippen molar-refractivity contribution in [3.63, 3.8) is 0 Å². The number of nitrogens with one attached hydrogen (secondary N) is 1. The number of benzene rings is 2. The van der Waals surface area contributed by atoms with Gasteiger partial charge in [0, 0.05) is 24.3 Å². The average Bonchev–Trinajstić information content (AvgIpc) is 2.84. The maximum Gasteiger partial charge on any atom is 0.262 e. The lowest BCUT2D eigenvalue weighted by molar-refractivity contribution is -0.118. The number of rotatable bonds is 7. The monoisotopic (exact) mass is 430 g/mol. The van der Waals surface area contributed by atoms with Crippen LogP contribution in [0.25, 0.3) is 11.3 Å². The summed E-state index contributed by atoms with van der Waals surface area (Å²) in [6.45, 7) is 6.28. The molecule has 166 valence electrons. The van der Waals surface area contributed by atoms with Crippen LogP contribution in [0.4, 0.5) is 11.5 Å². The summed E-state index contributed by atoms with van der Waals surface area (Å²) < 4.78 is 5.75. The zero-order valence-electron chi connectivity index (χ0n) is 18.8. The van der Waals surface area contributed by atoms with Crippen molar-refractivity contribution in [2.45, 2.75) is 39.0 Å². The van der Waals surface area contributed by atoms with Crippen molar-refractivity contribution in [3.8, 4) is 17.0 Å². The summed E-state index contributed by atoms with van der Waals surface area (Å²) in [6, 6.07) is 19.5. The van der Waals surface area contributed by atoms with E-state index in [2.05, 4.69) is 34.3 Å². The lowest BCUT2D eigenvalue weighted by Crippen LogP contribution is -2.30. The Balaban J connectivity index is 1.33. The highest BCUT2D eigenvalue weighted by atomic mass is 16.5. The molecule has 1 fully saturated rings. The van der Waals surface area contributed by atoms with E-state index in [1.165, 1.54) is 19.3 Å². The Kier molecular flexibility index (Phi) is 7.00. The van der Waals surface area contributed by atoms with Crippen LogP contribution >= 0.6 is 0 Å². The minimum atomic E-state index is -0.193. The summed E-state index contributed by atoms with van der Waals surface area (Å²) in [7, 11) is 0. The minimum Gasteiger partial charge on any atom is -0.483 e. The second kappa shape index (κ2) is 10.3. The van der Waals surface area contributed by atoms with Crippen LogP contribution in [-0.2, 0) is 4.79 Å². The van der Waals surface area contributed by atoms with Crippen LogP contribution in [0.2, 0.25) is 0 Å². The van der Waals surface area contributed by atoms with E-state index in [0.717, 1.165) is 47.2 Å². The standard InChI is InChI=1S/C26H30N4O2/c1-19(2)22-8-4-5-9-24(22)32-18-26(31)27-21-12-10-20(11-13-21)23-14-15-25(29-28-23)30-16-6-3-7-17-30/h4-5,8-15,19H,3,6-7,16-18H2,1-2H3,(H,27,31). The topological polar surface area (TPSA) is 67.3 Å². The lowest BCUT2D eigenvalue weighted by Gasteiger charge is -2.27. The first-order valence-corrected chi connectivity index (χ1v) is 11.3. The molecule has 0 radical (unpaired) electrons. The van der Waals surface area contributed by atoms with Crippen molar-refractivity contribution >= 4 is 17.4 Å². The van der Waals surface area contributed by atoms with Crippen molar-refractivity contribution < 1.29 is 9.53 Å². The first-order valence-electron chi connectivity index (χ1n) is 11.3. The van der Waals surface area contributed by atoms with Gasteiger partial charge in [0.15, 0.2) is 12.4 Å². The molecule has 0 aliphatic carbocycles. The largest absolute Gasteiger partial charge is 0.483 e. The summed E-state index contributed by atoms with van der Waals surface area (Å²) in [5.41, 5.74) is 3.59. The van der Waals surface area contributed by atoms with Gasteiger partial charge in [0.2, 0.25) is 0 Å². The number of ether oxygens (including phenoxy) is 1. The molecule has 1 saturated heterocycles. The van der Waals surface area contributed by atoms with Crippen LogP contribution < -0.4 is 15.0 Å². The van der Waals surface area contributed by atoms with Gasteiger partial charge in [-0.2, -0.15) is 0 Å². The van der Waals surface area contributed by atoms with Gasteiger partial charge in [0.1, 0.15) is 5.75 Å². The van der Waals surface area contributed by atoms with Gasteiger partial charge in [0.25, 0.3) is 5.91 Å². The quantitative estimate of drug-likeness (QED) is 0.553. The van der Waals surface area contributed by atoms with Crippen molar-refractivity contribution in [3.05, 3.63) is 66.2 Å². The van der Waals surface area contributed by atoms with E-state index in [1.807, 2.05) is 60.7 Å². The van der Waals surface area contributed by atoms with Crippen molar-refractivity contribution in [2.24, 2.45) is 0 Å². The number of anilines is 2. The molecule has 1 aliphatic rings. The molecule has 4 rings (SSSR count). The van der Waals surface area contributed by atoms with E-state index in [4.69, 9.17) is 4.74 Å². The Bertz CT molecular complexity index is 1030. The molecule has 1 N–H and O–H groups in total. The van der Waals surface area contributed by atoms with E-state index < -0.39 is 0 Å². The molecule has 0 saturated carbocycles. The van der Waals surface area contributed by atoms with Gasteiger partial charge in [-0.15, -0.1) is 10.2 Å². The summed E-state index contributed by atoms with van der Waals surface area (Å²) in [5.74, 6) is 1.83. The molecule has 1 aromatic heterocycles. The molecular weight excluding hydrogens is 400 g/mol. The predicted octanol–water partition coefficient (Wildman–Crippen LogP) is 5.27. The van der Waals surface area contributed by atoms with Crippen molar-refractivity contribution in [2.75, 3.05) is 29.9 Å². The van der Waals surface area contributed by atoms with Crippen molar-refractivity contribution in [1.29, 1.82) is 0 Å². The van der Waals surface area contributed by atoms with Crippen molar-refractivity contribution in [1.82, 2.24) is 10.2 Å². The van der Waals surface area contributed by atoms with Crippen LogP contribution in [-0.4, -0.2) is 35.8 Å². The highest BCUT2D eigenvalue weighted by molar-refractivity contribution is 5.92. The molecular formula is C26H30N4O2. The zero-order valence-corrected chi connectivity index (χ0v) is 18.8. The Morgan fingerprint density at radius 2 is 1.72 bits per heavy atom. The maximum absolute atomic E-state index is 12.3. The fourth-order valence-corrected chi connectivity index (χ4v) is 3.92. The van der Waals surface area contributed by atoms with Crippen LogP contribution in [0.1, 0.15) is 44.6 Å². The van der Waals surface area contributed by atoms with Gasteiger partial charge in [-0.25, -0.2) is 0 Å². The number of piperidine rings is 1. The molecule has 0 atom stereocenters. The summed E-state index contributed by atoms with van der Waals surface area (Å²) >= 11 is 0. The second-order valence-electron chi connectivity index (χ2n) is 8.43. The number of amides is 1. The van der Waals surface area contributed by atoms with E-state index in [-0.39, 0.29) is 12.5 Å². The highest BCUT2D eigenvalue weighted by Gasteiger charge is 2.13. The number of hydrogen-bond donors (Lipinski definition) is 1. The van der Waals surface area contributed by atoms with E-state index in [1.54, 1.807) is 0 Å². The van der Waals surface area contributed by atoms with E-state index in [0.29, 0.717) is 5.92 Å². The fourth-order valence-electron chi connectivity index (χ4n) is 3.92. The summed E-state index contributed by atoms with van der Waals surface area (Å²) in [5, 5.41) is 11.7. The second-order valence-corrected chi connectivity index (χ2v) is 8.43. The molecule has 1 aliphatic heterocycles. The minimum absolute atomic E-state index is 0.0328. The number of para-hydroxylation sites is 1. The van der Waals surface area contributed by atoms with Gasteiger partial charge >= 0.3 is 0 Å². The van der Waals surface area contributed by atoms with Gasteiger partial charge < -0.3 is 15.0 Å². The van der Waals surface area contributed by atoms with Crippen LogP contribution in [0, 0.1) is 0 Å². The molecule has 32 heavy (non-hydrogen) atoms. The average molecular weight is 431 g/mol. The Morgan fingerprint density at radius 1 is 0.969 bits per heavy atom. The molecule has 0 bridgehead atoms. The molecule has 2 heterocycles. The molecule has 2 aromatic carbocycles. The number of aromatic nitrogens is 2. The Hall–Kier alpha value is -3.41. The molecule has 0 unspecified atom stereocenters. The van der Waals surface area contributed by atoms with E-state index in [9.17, 15) is 4.79 Å². The fraction of sp³-hybridized carbons (Fsp3) is 0.346.